The number of hydrogen-bond donors (Lipinski definition) is 1. The molecule has 0 radical (unpaired) electrons. The third-order valence-corrected chi connectivity index (χ3v) is 3.74. The van der Waals surface area contributed by atoms with Crippen LogP contribution in [0.5, 0.6) is 0 Å². The second-order valence-corrected chi connectivity index (χ2v) is 5.39. The molecule has 2 heterocycles. The lowest BCUT2D eigenvalue weighted by molar-refractivity contribution is 0.474. The number of nitrogens with one attached hydrogen (secondary N) is 1. The van der Waals surface area contributed by atoms with E-state index in [2.05, 4.69) is 52.1 Å². The molecule has 0 aliphatic rings. The van der Waals surface area contributed by atoms with Crippen LogP contribution in [0.15, 0.2) is 22.8 Å². The molecule has 0 amide bonds. The van der Waals surface area contributed by atoms with E-state index < -0.39 is 0 Å². The number of nitrogens with zero attached hydrogens (tertiary/aromatic N) is 3. The van der Waals surface area contributed by atoms with Gasteiger partial charge in [0.15, 0.2) is 5.65 Å². The van der Waals surface area contributed by atoms with Crippen molar-refractivity contribution in [2.75, 3.05) is 5.32 Å². The molecule has 1 N–H and O–H groups in total. The summed E-state index contributed by atoms with van der Waals surface area (Å²) in [6.07, 6.45) is 3.99. The molecule has 0 saturated heterocycles. The van der Waals surface area contributed by atoms with Crippen LogP contribution in [0.3, 0.4) is 0 Å². The summed E-state index contributed by atoms with van der Waals surface area (Å²) in [5.41, 5.74) is 0.910. The lowest BCUT2D eigenvalue weighted by Gasteiger charge is -2.27. The summed E-state index contributed by atoms with van der Waals surface area (Å²) in [5, 5.41) is 7.82. The first-order valence-electron chi connectivity index (χ1n) is 5.86. The second-order valence-electron chi connectivity index (χ2n) is 4.48. The summed E-state index contributed by atoms with van der Waals surface area (Å²) in [7, 11) is 0. The lowest BCUT2D eigenvalue weighted by Crippen LogP contribution is -2.33. The Bertz CT molecular complexity index is 516. The molecule has 2 rings (SSSR count). The molecular weight excluding hydrogens is 280 g/mol. The average molecular weight is 297 g/mol. The molecule has 0 aliphatic heterocycles. The van der Waals surface area contributed by atoms with Crippen molar-refractivity contribution in [1.29, 1.82) is 0 Å². The van der Waals surface area contributed by atoms with E-state index in [-0.39, 0.29) is 5.54 Å². The molecule has 0 bridgehead atoms. The topological polar surface area (TPSA) is 42.2 Å². The number of halogens is 1. The van der Waals surface area contributed by atoms with Crippen molar-refractivity contribution < 1.29 is 0 Å². The summed E-state index contributed by atoms with van der Waals surface area (Å²) < 4.78 is 2.77. The minimum absolute atomic E-state index is 0.0577. The standard InChI is InChI=1S/C12H17BrN4/c1-4-12(3,5-2)15-11-14-10-7-6-9(13)8-17(10)16-11/h6-8H,4-5H2,1-3H3,(H,15,16). The van der Waals surface area contributed by atoms with E-state index >= 15 is 0 Å². The average Bonchev–Trinajstić information content (AvgIpc) is 2.70. The van der Waals surface area contributed by atoms with E-state index in [1.165, 1.54) is 0 Å². The van der Waals surface area contributed by atoms with Crippen molar-refractivity contribution in [3.63, 3.8) is 0 Å². The van der Waals surface area contributed by atoms with E-state index in [0.717, 1.165) is 23.0 Å². The maximum absolute atomic E-state index is 4.45. The van der Waals surface area contributed by atoms with E-state index in [0.29, 0.717) is 5.95 Å². The first-order chi connectivity index (χ1) is 8.06. The first kappa shape index (κ1) is 12.4. The Morgan fingerprint density at radius 2 is 2.06 bits per heavy atom. The molecule has 4 nitrogen and oxygen atoms in total. The van der Waals surface area contributed by atoms with E-state index in [1.807, 2.05) is 18.3 Å². The summed E-state index contributed by atoms with van der Waals surface area (Å²) in [5.74, 6) is 0.689. The minimum Gasteiger partial charge on any atom is -0.348 e. The fourth-order valence-corrected chi connectivity index (χ4v) is 1.93. The van der Waals surface area contributed by atoms with Crippen molar-refractivity contribution in [2.24, 2.45) is 0 Å². The van der Waals surface area contributed by atoms with Gasteiger partial charge in [0.25, 0.3) is 0 Å². The highest BCUT2D eigenvalue weighted by Gasteiger charge is 2.20. The van der Waals surface area contributed by atoms with E-state index in [9.17, 15) is 0 Å². The van der Waals surface area contributed by atoms with Gasteiger partial charge in [0.05, 0.1) is 0 Å². The highest BCUT2D eigenvalue weighted by molar-refractivity contribution is 9.10. The van der Waals surface area contributed by atoms with Gasteiger partial charge in [0, 0.05) is 16.2 Å². The Balaban J connectivity index is 2.31. The molecule has 0 spiro atoms. The van der Waals surface area contributed by atoms with Crippen LogP contribution in [0, 0.1) is 0 Å². The molecule has 0 aliphatic carbocycles. The van der Waals surface area contributed by atoms with Gasteiger partial charge in [-0.1, -0.05) is 13.8 Å². The van der Waals surface area contributed by atoms with Crippen molar-refractivity contribution in [2.45, 2.75) is 39.2 Å². The number of fused-ring (bicyclic) bond motifs is 1. The van der Waals surface area contributed by atoms with Crippen molar-refractivity contribution in [1.82, 2.24) is 14.6 Å². The quantitative estimate of drug-likeness (QED) is 0.939. The van der Waals surface area contributed by atoms with Gasteiger partial charge in [-0.05, 0) is 47.8 Å². The lowest BCUT2D eigenvalue weighted by atomic mass is 9.96. The van der Waals surface area contributed by atoms with Crippen LogP contribution in [0.4, 0.5) is 5.95 Å². The Kier molecular flexibility index (Phi) is 3.38. The van der Waals surface area contributed by atoms with Gasteiger partial charge in [-0.2, -0.15) is 4.98 Å². The normalized spacial score (nSPS) is 12.0. The van der Waals surface area contributed by atoms with Crippen molar-refractivity contribution in [3.05, 3.63) is 22.8 Å². The Labute approximate surface area is 110 Å². The smallest absolute Gasteiger partial charge is 0.243 e. The second kappa shape index (κ2) is 4.64. The molecule has 0 saturated carbocycles. The summed E-state index contributed by atoms with van der Waals surface area (Å²) in [6.45, 7) is 6.53. The number of anilines is 1. The highest BCUT2D eigenvalue weighted by atomic mass is 79.9. The van der Waals surface area contributed by atoms with Crippen LogP contribution in [0.1, 0.15) is 33.6 Å². The molecule has 0 fully saturated rings. The number of aromatic nitrogens is 3. The van der Waals surface area contributed by atoms with Gasteiger partial charge in [-0.3, -0.25) is 0 Å². The van der Waals surface area contributed by atoms with Gasteiger partial charge in [0.1, 0.15) is 0 Å². The summed E-state index contributed by atoms with van der Waals surface area (Å²) in [6, 6.07) is 3.91. The monoisotopic (exact) mass is 296 g/mol. The number of hydrogen-bond acceptors (Lipinski definition) is 3. The van der Waals surface area contributed by atoms with Crippen molar-refractivity contribution in [3.8, 4) is 0 Å². The molecule has 0 aromatic carbocycles. The Hall–Kier alpha value is -1.10. The van der Waals surface area contributed by atoms with Gasteiger partial charge in [-0.25, -0.2) is 4.52 Å². The molecule has 2 aromatic heterocycles. The molecule has 2 aromatic rings. The molecule has 17 heavy (non-hydrogen) atoms. The minimum atomic E-state index is 0.0577. The van der Waals surface area contributed by atoms with Gasteiger partial charge in [-0.15, -0.1) is 5.10 Å². The first-order valence-corrected chi connectivity index (χ1v) is 6.66. The third-order valence-electron chi connectivity index (χ3n) is 3.27. The van der Waals surface area contributed by atoms with Crippen LogP contribution < -0.4 is 5.32 Å². The molecule has 5 heteroatoms. The van der Waals surface area contributed by atoms with Crippen molar-refractivity contribution >= 4 is 27.5 Å². The third kappa shape index (κ3) is 2.60. The zero-order valence-electron chi connectivity index (χ0n) is 10.4. The Morgan fingerprint density at radius 1 is 1.35 bits per heavy atom. The maximum atomic E-state index is 4.45. The predicted molar refractivity (Wildman–Crippen MR) is 73.3 cm³/mol. The van der Waals surface area contributed by atoms with Crippen LogP contribution in [0.2, 0.25) is 0 Å². The summed E-state index contributed by atoms with van der Waals surface area (Å²) >= 11 is 3.42. The number of pyridine rings is 1. The molecule has 0 unspecified atom stereocenters. The van der Waals surface area contributed by atoms with Crippen LogP contribution >= 0.6 is 15.9 Å². The highest BCUT2D eigenvalue weighted by Crippen LogP contribution is 2.20. The molecular formula is C12H17BrN4. The molecule has 0 atom stereocenters. The number of rotatable bonds is 4. The van der Waals surface area contributed by atoms with E-state index in [1.54, 1.807) is 4.52 Å². The van der Waals surface area contributed by atoms with Crippen LogP contribution in [-0.4, -0.2) is 20.1 Å². The van der Waals surface area contributed by atoms with Crippen LogP contribution in [-0.2, 0) is 0 Å². The fraction of sp³-hybridized carbons (Fsp3) is 0.500. The maximum Gasteiger partial charge on any atom is 0.243 e. The predicted octanol–water partition coefficient (Wildman–Crippen LogP) is 3.48. The summed E-state index contributed by atoms with van der Waals surface area (Å²) in [4.78, 5) is 4.45. The van der Waals surface area contributed by atoms with Gasteiger partial charge in [0.2, 0.25) is 5.95 Å². The van der Waals surface area contributed by atoms with Crippen LogP contribution in [0.25, 0.3) is 5.65 Å². The van der Waals surface area contributed by atoms with Gasteiger partial charge >= 0.3 is 0 Å². The van der Waals surface area contributed by atoms with E-state index in [4.69, 9.17) is 0 Å². The Morgan fingerprint density at radius 3 is 2.71 bits per heavy atom. The SMILES string of the molecule is CCC(C)(CC)Nc1nc2ccc(Br)cn2n1. The zero-order chi connectivity index (χ0) is 12.5. The molecule has 92 valence electrons. The fourth-order valence-electron chi connectivity index (χ4n) is 1.61. The zero-order valence-corrected chi connectivity index (χ0v) is 12.0. The largest absolute Gasteiger partial charge is 0.348 e. The van der Waals surface area contributed by atoms with Gasteiger partial charge < -0.3 is 5.32 Å².